The van der Waals surface area contributed by atoms with Crippen LogP contribution in [0.3, 0.4) is 0 Å². The first-order valence-corrected chi connectivity index (χ1v) is 16.8. The summed E-state index contributed by atoms with van der Waals surface area (Å²) in [5.41, 5.74) is 11.4. The number of aromatic nitrogens is 5. The molecule has 10 atom stereocenters. The molecule has 5 heterocycles. The number of primary amides is 1. The lowest BCUT2D eigenvalue weighted by Crippen LogP contribution is -2.46. The number of phosphoric ester groups is 2. The molecule has 24 heteroatoms. The molecule has 258 valence electrons. The van der Waals surface area contributed by atoms with E-state index in [1.165, 1.54) is 46.3 Å². The Morgan fingerprint density at radius 2 is 1.66 bits per heavy atom. The first-order chi connectivity index (χ1) is 22.2. The fourth-order valence-corrected chi connectivity index (χ4v) is 6.97. The zero-order chi connectivity index (χ0) is 34.1. The number of fused-ring (bicyclic) bond motifs is 1. The Kier molecular flexibility index (Phi) is 10.7. The SMILES string of the molecule is NCCNc1ncnc2c1ncn2C1O[C@H](COP(=O)(O)OP(=O)(O)OC[C@H]2O[C@@H]([n+]3cccc(C(N)=O)c3)[C@@H](O)C2O)[C@H](O)C1O. The average molecular weight is 708 g/mol. The van der Waals surface area contributed by atoms with E-state index >= 15 is 0 Å². The molecule has 2 aliphatic rings. The van der Waals surface area contributed by atoms with Crippen LogP contribution >= 0.6 is 15.6 Å². The highest BCUT2D eigenvalue weighted by Crippen LogP contribution is 2.60. The van der Waals surface area contributed by atoms with Gasteiger partial charge < -0.3 is 56.5 Å². The van der Waals surface area contributed by atoms with Crippen molar-refractivity contribution < 1.29 is 71.5 Å². The number of anilines is 1. The smallest absolute Gasteiger partial charge is 0.387 e. The van der Waals surface area contributed by atoms with Crippen LogP contribution < -0.4 is 21.4 Å². The van der Waals surface area contributed by atoms with Gasteiger partial charge in [0, 0.05) is 19.2 Å². The highest BCUT2D eigenvalue weighted by molar-refractivity contribution is 7.61. The molecule has 11 N–H and O–H groups in total. The van der Waals surface area contributed by atoms with Gasteiger partial charge in [-0.2, -0.15) is 8.88 Å². The molecule has 3 aromatic heterocycles. The number of aliphatic hydroxyl groups excluding tert-OH is 4. The van der Waals surface area contributed by atoms with Crippen molar-refractivity contribution in [1.29, 1.82) is 0 Å². The van der Waals surface area contributed by atoms with Crippen LogP contribution in [0.5, 0.6) is 0 Å². The topological polar surface area (TPSA) is 330 Å². The van der Waals surface area contributed by atoms with Crippen molar-refractivity contribution >= 4 is 38.5 Å². The van der Waals surface area contributed by atoms with Crippen LogP contribution in [0.1, 0.15) is 22.8 Å². The third-order valence-electron chi connectivity index (χ3n) is 7.15. The maximum Gasteiger partial charge on any atom is 0.481 e. The number of rotatable bonds is 14. The number of phosphoric acid groups is 2. The lowest BCUT2D eigenvalue weighted by Gasteiger charge is -2.20. The van der Waals surface area contributed by atoms with Gasteiger partial charge in [0.1, 0.15) is 42.4 Å². The number of nitrogens with zero attached hydrogens (tertiary/aromatic N) is 5. The van der Waals surface area contributed by atoms with Gasteiger partial charge in [0.05, 0.1) is 19.5 Å². The molecule has 2 aliphatic heterocycles. The highest BCUT2D eigenvalue weighted by Gasteiger charge is 2.50. The normalized spacial score (nSPS) is 30.3. The van der Waals surface area contributed by atoms with Gasteiger partial charge in [-0.3, -0.25) is 18.4 Å². The van der Waals surface area contributed by atoms with Gasteiger partial charge in [0.2, 0.25) is 0 Å². The minimum absolute atomic E-state index is 0.0694. The Hall–Kier alpha value is -3.05. The third kappa shape index (κ3) is 7.82. The summed E-state index contributed by atoms with van der Waals surface area (Å²) >= 11 is 0. The Morgan fingerprint density at radius 3 is 2.32 bits per heavy atom. The summed E-state index contributed by atoms with van der Waals surface area (Å²) in [6.45, 7) is -1.09. The van der Waals surface area contributed by atoms with Gasteiger partial charge >= 0.3 is 15.6 Å². The van der Waals surface area contributed by atoms with Crippen LogP contribution in [0.4, 0.5) is 5.82 Å². The number of hydrogen-bond acceptors (Lipinski definition) is 17. The Balaban J connectivity index is 1.16. The van der Waals surface area contributed by atoms with E-state index in [0.717, 1.165) is 0 Å². The molecular weight excluding hydrogens is 674 g/mol. The van der Waals surface area contributed by atoms with Gasteiger partial charge in [-0.15, -0.1) is 0 Å². The van der Waals surface area contributed by atoms with Crippen molar-refractivity contribution in [3.63, 3.8) is 0 Å². The summed E-state index contributed by atoms with van der Waals surface area (Å²) in [5.74, 6) is -0.404. The maximum absolute atomic E-state index is 12.5. The summed E-state index contributed by atoms with van der Waals surface area (Å²) < 4.78 is 52.4. The number of imidazole rings is 1. The molecule has 0 radical (unpaired) electrons. The van der Waals surface area contributed by atoms with Crippen molar-refractivity contribution in [2.45, 2.75) is 49.1 Å². The molecule has 2 saturated heterocycles. The first-order valence-electron chi connectivity index (χ1n) is 13.8. The van der Waals surface area contributed by atoms with Gasteiger partial charge in [0.15, 0.2) is 41.7 Å². The molecule has 1 amide bonds. The minimum Gasteiger partial charge on any atom is -0.387 e. The largest absolute Gasteiger partial charge is 0.481 e. The lowest BCUT2D eigenvalue weighted by atomic mass is 10.1. The molecule has 5 unspecified atom stereocenters. The summed E-state index contributed by atoms with van der Waals surface area (Å²) in [5, 5.41) is 44.9. The lowest BCUT2D eigenvalue weighted by molar-refractivity contribution is -0.765. The first kappa shape index (κ1) is 35.3. The summed E-state index contributed by atoms with van der Waals surface area (Å²) in [6.07, 6.45) is -6.71. The molecule has 3 aromatic rings. The van der Waals surface area contributed by atoms with Crippen molar-refractivity contribution in [2.24, 2.45) is 11.5 Å². The minimum atomic E-state index is -5.38. The number of carbonyl (C=O) groups excluding carboxylic acids is 1. The second-order valence-electron chi connectivity index (χ2n) is 10.4. The quantitative estimate of drug-likeness (QED) is 0.0587. The number of ether oxygens (including phenoxy) is 2. The van der Waals surface area contributed by atoms with Crippen molar-refractivity contribution in [1.82, 2.24) is 19.5 Å². The Labute approximate surface area is 264 Å². The van der Waals surface area contributed by atoms with Gasteiger partial charge in [-0.05, 0) is 6.07 Å². The van der Waals surface area contributed by atoms with Crippen LogP contribution in [0.2, 0.25) is 0 Å². The second kappa shape index (κ2) is 14.2. The third-order valence-corrected chi connectivity index (χ3v) is 9.76. The molecule has 0 aliphatic carbocycles. The van der Waals surface area contributed by atoms with E-state index in [4.69, 9.17) is 30.0 Å². The molecule has 0 spiro atoms. The Bertz CT molecular complexity index is 1680. The van der Waals surface area contributed by atoms with E-state index in [-0.39, 0.29) is 11.2 Å². The fraction of sp³-hybridized carbons (Fsp3) is 0.522. The zero-order valence-electron chi connectivity index (χ0n) is 24.1. The van der Waals surface area contributed by atoms with E-state index in [2.05, 4.69) is 24.6 Å². The number of carbonyl (C=O) groups is 1. The molecule has 5 rings (SSSR count). The fourth-order valence-electron chi connectivity index (χ4n) is 4.88. The molecule has 0 aromatic carbocycles. The zero-order valence-corrected chi connectivity index (χ0v) is 25.9. The van der Waals surface area contributed by atoms with Crippen molar-refractivity contribution in [3.05, 3.63) is 42.7 Å². The molecular formula is C23H33N8O14P2+. The predicted molar refractivity (Wildman–Crippen MR) is 153 cm³/mol. The van der Waals surface area contributed by atoms with Gasteiger partial charge in [-0.25, -0.2) is 24.1 Å². The van der Waals surface area contributed by atoms with Crippen LogP contribution in [0.15, 0.2) is 37.2 Å². The van der Waals surface area contributed by atoms with Crippen LogP contribution in [0.25, 0.3) is 11.2 Å². The van der Waals surface area contributed by atoms with E-state index < -0.39 is 83.8 Å². The molecule has 47 heavy (non-hydrogen) atoms. The number of pyridine rings is 1. The number of nitrogens with one attached hydrogen (secondary N) is 1. The predicted octanol–water partition coefficient (Wildman–Crippen LogP) is -3.23. The summed E-state index contributed by atoms with van der Waals surface area (Å²) in [4.78, 5) is 44.0. The maximum atomic E-state index is 12.5. The van der Waals surface area contributed by atoms with Crippen LogP contribution in [-0.2, 0) is 32.0 Å². The van der Waals surface area contributed by atoms with E-state index in [0.29, 0.717) is 24.4 Å². The standard InChI is InChI=1S/C23H32N8O14P2/c24-3-4-26-20-14-21(28-9-27-20)31(10-29-14)23-18(35)16(33)13(44-23)8-42-47(39,40)45-46(37,38)41-7-12-15(32)17(34)22(43-12)30-5-1-2-11(6-30)19(25)36/h1-2,5-6,9-10,12-13,15-18,22-23,32-35H,3-4,7-8,24H2,(H4-,25,26,27,28,36,37,38,39,40)/p+1/t12-,13-,15?,16+,17+,18?,22-,23?/m1/s1. The number of amides is 1. The number of aliphatic hydroxyl groups is 4. The highest BCUT2D eigenvalue weighted by atomic mass is 31.3. The molecule has 0 saturated carbocycles. The Morgan fingerprint density at radius 1 is 1.00 bits per heavy atom. The molecule has 22 nitrogen and oxygen atoms in total. The monoisotopic (exact) mass is 707 g/mol. The molecule has 2 fully saturated rings. The number of hydrogen-bond donors (Lipinski definition) is 9. The van der Waals surface area contributed by atoms with Gasteiger partial charge in [-0.1, -0.05) is 0 Å². The van der Waals surface area contributed by atoms with Crippen molar-refractivity contribution in [3.8, 4) is 0 Å². The van der Waals surface area contributed by atoms with Gasteiger partial charge in [0.25, 0.3) is 12.1 Å². The van der Waals surface area contributed by atoms with E-state index in [9.17, 15) is 44.1 Å². The van der Waals surface area contributed by atoms with Crippen LogP contribution in [-0.4, -0.2) is 119 Å². The average Bonchev–Trinajstić information content (AvgIpc) is 3.67. The summed E-state index contributed by atoms with van der Waals surface area (Å²) in [7, 11) is -10.8. The second-order valence-corrected chi connectivity index (χ2v) is 13.4. The molecule has 0 bridgehead atoms. The summed E-state index contributed by atoms with van der Waals surface area (Å²) in [6, 6.07) is 2.84. The van der Waals surface area contributed by atoms with E-state index in [1.807, 2.05) is 0 Å². The van der Waals surface area contributed by atoms with Crippen LogP contribution in [0, 0.1) is 0 Å². The van der Waals surface area contributed by atoms with E-state index in [1.54, 1.807) is 0 Å². The van der Waals surface area contributed by atoms with Crippen molar-refractivity contribution in [2.75, 3.05) is 31.6 Å². The number of nitrogens with two attached hydrogens (primary N) is 2.